The van der Waals surface area contributed by atoms with Crippen molar-refractivity contribution in [3.8, 4) is 5.82 Å². The standard InChI is InChI=1S/C13H17N3O/c1-3-5-12-14-8-9-16(12)13-11(10(2)17)6-4-7-15-13/h4,6-10,17H,3,5H2,1-2H3/t10-/m0/s1. The van der Waals surface area contributed by atoms with Gasteiger partial charge in [-0.25, -0.2) is 9.97 Å². The van der Waals surface area contributed by atoms with Crippen LogP contribution in [0.4, 0.5) is 0 Å². The highest BCUT2D eigenvalue weighted by molar-refractivity contribution is 5.36. The van der Waals surface area contributed by atoms with Crippen LogP contribution < -0.4 is 0 Å². The fourth-order valence-electron chi connectivity index (χ4n) is 1.87. The predicted molar refractivity (Wildman–Crippen MR) is 66.0 cm³/mol. The van der Waals surface area contributed by atoms with Gasteiger partial charge in [-0.05, 0) is 19.4 Å². The van der Waals surface area contributed by atoms with Gasteiger partial charge < -0.3 is 5.11 Å². The molecule has 90 valence electrons. The molecule has 0 fully saturated rings. The second-order valence-electron chi connectivity index (χ2n) is 4.06. The summed E-state index contributed by atoms with van der Waals surface area (Å²) in [5.74, 6) is 1.75. The zero-order valence-electron chi connectivity index (χ0n) is 10.2. The maximum Gasteiger partial charge on any atom is 0.143 e. The molecule has 0 amide bonds. The Morgan fingerprint density at radius 2 is 2.18 bits per heavy atom. The molecule has 17 heavy (non-hydrogen) atoms. The van der Waals surface area contributed by atoms with E-state index < -0.39 is 6.10 Å². The smallest absolute Gasteiger partial charge is 0.143 e. The maximum atomic E-state index is 9.75. The van der Waals surface area contributed by atoms with Gasteiger partial charge >= 0.3 is 0 Å². The lowest BCUT2D eigenvalue weighted by atomic mass is 10.1. The van der Waals surface area contributed by atoms with Gasteiger partial charge in [0.25, 0.3) is 0 Å². The fraction of sp³-hybridized carbons (Fsp3) is 0.385. The first-order valence-corrected chi connectivity index (χ1v) is 5.89. The largest absolute Gasteiger partial charge is 0.389 e. The lowest BCUT2D eigenvalue weighted by molar-refractivity contribution is 0.198. The lowest BCUT2D eigenvalue weighted by Crippen LogP contribution is -2.07. The SMILES string of the molecule is CCCc1nccn1-c1ncccc1[C@H](C)O. The Balaban J connectivity index is 2.48. The van der Waals surface area contributed by atoms with Crippen LogP contribution in [0.15, 0.2) is 30.7 Å². The van der Waals surface area contributed by atoms with Crippen molar-refractivity contribution in [3.05, 3.63) is 42.1 Å². The molecule has 0 unspecified atom stereocenters. The van der Waals surface area contributed by atoms with Crippen LogP contribution in [-0.4, -0.2) is 19.6 Å². The number of rotatable bonds is 4. The Kier molecular flexibility index (Phi) is 3.54. The highest BCUT2D eigenvalue weighted by atomic mass is 16.3. The minimum atomic E-state index is -0.532. The summed E-state index contributed by atoms with van der Waals surface area (Å²) in [4.78, 5) is 8.67. The second kappa shape index (κ2) is 5.10. The molecule has 0 bridgehead atoms. The monoisotopic (exact) mass is 231 g/mol. The summed E-state index contributed by atoms with van der Waals surface area (Å²) in [7, 11) is 0. The number of aliphatic hydroxyl groups is 1. The van der Waals surface area contributed by atoms with Crippen molar-refractivity contribution in [3.63, 3.8) is 0 Å². The number of hydrogen-bond donors (Lipinski definition) is 1. The van der Waals surface area contributed by atoms with E-state index in [1.54, 1.807) is 19.3 Å². The number of aromatic nitrogens is 3. The molecule has 0 aliphatic rings. The average molecular weight is 231 g/mol. The molecule has 0 saturated heterocycles. The molecule has 2 rings (SSSR count). The minimum absolute atomic E-state index is 0.532. The predicted octanol–water partition coefficient (Wildman–Crippen LogP) is 2.27. The first-order chi connectivity index (χ1) is 8.24. The van der Waals surface area contributed by atoms with Gasteiger partial charge in [0.1, 0.15) is 11.6 Å². The Hall–Kier alpha value is -1.68. The summed E-state index contributed by atoms with van der Waals surface area (Å²) in [6, 6.07) is 3.73. The van der Waals surface area contributed by atoms with Gasteiger partial charge in [0.15, 0.2) is 0 Å². The molecule has 1 atom stereocenters. The van der Waals surface area contributed by atoms with Gasteiger partial charge in [0.2, 0.25) is 0 Å². The molecular weight excluding hydrogens is 214 g/mol. The van der Waals surface area contributed by atoms with Crippen molar-refractivity contribution < 1.29 is 5.11 Å². The fourth-order valence-corrected chi connectivity index (χ4v) is 1.87. The third-order valence-electron chi connectivity index (χ3n) is 2.69. The zero-order valence-corrected chi connectivity index (χ0v) is 10.2. The number of hydrogen-bond acceptors (Lipinski definition) is 3. The molecular formula is C13H17N3O. The quantitative estimate of drug-likeness (QED) is 0.878. The molecule has 0 saturated carbocycles. The van der Waals surface area contributed by atoms with Gasteiger partial charge in [0, 0.05) is 30.6 Å². The average Bonchev–Trinajstić information content (AvgIpc) is 2.77. The summed E-state index contributed by atoms with van der Waals surface area (Å²) >= 11 is 0. The maximum absolute atomic E-state index is 9.75. The Morgan fingerprint density at radius 1 is 1.35 bits per heavy atom. The van der Waals surface area contributed by atoms with Gasteiger partial charge in [-0.2, -0.15) is 0 Å². The molecule has 0 spiro atoms. The minimum Gasteiger partial charge on any atom is -0.389 e. The number of imidazole rings is 1. The number of pyridine rings is 1. The highest BCUT2D eigenvalue weighted by Crippen LogP contribution is 2.20. The molecule has 2 heterocycles. The number of aliphatic hydroxyl groups excluding tert-OH is 1. The van der Waals surface area contributed by atoms with Crippen LogP contribution >= 0.6 is 0 Å². The zero-order chi connectivity index (χ0) is 12.3. The van der Waals surface area contributed by atoms with Crippen molar-refractivity contribution in [2.45, 2.75) is 32.8 Å². The van der Waals surface area contributed by atoms with Crippen molar-refractivity contribution in [2.75, 3.05) is 0 Å². The summed E-state index contributed by atoms with van der Waals surface area (Å²) < 4.78 is 1.95. The number of nitrogens with zero attached hydrogens (tertiary/aromatic N) is 3. The molecule has 0 radical (unpaired) electrons. The third-order valence-corrected chi connectivity index (χ3v) is 2.69. The molecule has 0 aromatic carbocycles. The summed E-state index contributed by atoms with van der Waals surface area (Å²) in [5.41, 5.74) is 0.822. The molecule has 1 N–H and O–H groups in total. The van der Waals surface area contributed by atoms with Gasteiger partial charge in [-0.1, -0.05) is 13.0 Å². The van der Waals surface area contributed by atoms with E-state index in [0.717, 1.165) is 30.0 Å². The molecule has 2 aromatic heterocycles. The van der Waals surface area contributed by atoms with Gasteiger partial charge in [0.05, 0.1) is 6.10 Å². The van der Waals surface area contributed by atoms with Crippen molar-refractivity contribution in [1.29, 1.82) is 0 Å². The molecule has 0 aliphatic carbocycles. The lowest BCUT2D eigenvalue weighted by Gasteiger charge is -2.13. The van der Waals surface area contributed by atoms with E-state index in [2.05, 4.69) is 16.9 Å². The van der Waals surface area contributed by atoms with Crippen LogP contribution in [0.1, 0.15) is 37.8 Å². The number of aryl methyl sites for hydroxylation is 1. The van der Waals surface area contributed by atoms with Crippen LogP contribution in [0.2, 0.25) is 0 Å². The van der Waals surface area contributed by atoms with Crippen LogP contribution in [0.5, 0.6) is 0 Å². The topological polar surface area (TPSA) is 50.9 Å². The van der Waals surface area contributed by atoms with Crippen LogP contribution in [0.25, 0.3) is 5.82 Å². The molecule has 2 aromatic rings. The van der Waals surface area contributed by atoms with E-state index >= 15 is 0 Å². The van der Waals surface area contributed by atoms with Crippen LogP contribution in [0.3, 0.4) is 0 Å². The normalized spacial score (nSPS) is 12.6. The van der Waals surface area contributed by atoms with Crippen molar-refractivity contribution in [1.82, 2.24) is 14.5 Å². The summed E-state index contributed by atoms with van der Waals surface area (Å²) in [6.07, 6.45) is 6.80. The Labute approximate surface area is 101 Å². The molecule has 4 nitrogen and oxygen atoms in total. The second-order valence-corrected chi connectivity index (χ2v) is 4.06. The van der Waals surface area contributed by atoms with Gasteiger partial charge in [-0.3, -0.25) is 4.57 Å². The van der Waals surface area contributed by atoms with E-state index in [1.165, 1.54) is 0 Å². The Bertz CT molecular complexity index is 491. The van der Waals surface area contributed by atoms with E-state index in [-0.39, 0.29) is 0 Å². The van der Waals surface area contributed by atoms with E-state index in [4.69, 9.17) is 0 Å². The van der Waals surface area contributed by atoms with E-state index in [1.807, 2.05) is 22.9 Å². The highest BCUT2D eigenvalue weighted by Gasteiger charge is 2.12. The third kappa shape index (κ3) is 2.36. The van der Waals surface area contributed by atoms with Crippen LogP contribution in [-0.2, 0) is 6.42 Å². The summed E-state index contributed by atoms with van der Waals surface area (Å²) in [6.45, 7) is 3.87. The summed E-state index contributed by atoms with van der Waals surface area (Å²) in [5, 5.41) is 9.75. The first kappa shape index (κ1) is 11.8. The van der Waals surface area contributed by atoms with Crippen LogP contribution in [0, 0.1) is 0 Å². The first-order valence-electron chi connectivity index (χ1n) is 5.89. The Morgan fingerprint density at radius 3 is 2.88 bits per heavy atom. The molecule has 4 heteroatoms. The van der Waals surface area contributed by atoms with E-state index in [0.29, 0.717) is 0 Å². The molecule has 0 aliphatic heterocycles. The van der Waals surface area contributed by atoms with Crippen molar-refractivity contribution in [2.24, 2.45) is 0 Å². The van der Waals surface area contributed by atoms with E-state index in [9.17, 15) is 5.11 Å². The van der Waals surface area contributed by atoms with Crippen molar-refractivity contribution >= 4 is 0 Å². The van der Waals surface area contributed by atoms with Gasteiger partial charge in [-0.15, -0.1) is 0 Å².